The van der Waals surface area contributed by atoms with Gasteiger partial charge in [-0.15, -0.1) is 0 Å². The second-order valence-corrected chi connectivity index (χ2v) is 12.6. The Hall–Kier alpha value is -2.62. The Balaban J connectivity index is 1.51. The Kier molecular flexibility index (Phi) is 7.98. The third kappa shape index (κ3) is 5.42. The number of carbonyl (C=O) groups excluding carboxylic acids is 1. The van der Waals surface area contributed by atoms with E-state index in [1.807, 2.05) is 23.7 Å². The zero-order valence-corrected chi connectivity index (χ0v) is 23.4. The van der Waals surface area contributed by atoms with Crippen molar-refractivity contribution in [2.45, 2.75) is 56.4 Å². The topological polar surface area (TPSA) is 90.7 Å². The highest BCUT2D eigenvalue weighted by Gasteiger charge is 2.42. The number of rotatable bonds is 9. The van der Waals surface area contributed by atoms with Crippen molar-refractivity contribution in [1.82, 2.24) is 14.1 Å². The van der Waals surface area contributed by atoms with E-state index in [0.29, 0.717) is 42.1 Å². The van der Waals surface area contributed by atoms with Crippen molar-refractivity contribution in [3.05, 3.63) is 53.2 Å². The summed E-state index contributed by atoms with van der Waals surface area (Å²) in [5, 5.41) is 6.21. The maximum Gasteiger partial charge on any atom is 0.311 e. The number of esters is 1. The molecular formula is C28H34ClN3O5S. The summed E-state index contributed by atoms with van der Waals surface area (Å²) >= 11 is 6.30. The van der Waals surface area contributed by atoms with Crippen LogP contribution in [0.5, 0.6) is 5.75 Å². The fourth-order valence-electron chi connectivity index (χ4n) is 5.99. The molecule has 0 spiro atoms. The van der Waals surface area contributed by atoms with Crippen LogP contribution in [0.15, 0.2) is 47.4 Å². The van der Waals surface area contributed by atoms with Crippen molar-refractivity contribution in [1.29, 1.82) is 0 Å². The Labute approximate surface area is 228 Å². The molecule has 5 rings (SSSR count). The van der Waals surface area contributed by atoms with Crippen molar-refractivity contribution in [3.63, 3.8) is 0 Å². The molecule has 2 aliphatic rings. The zero-order valence-electron chi connectivity index (χ0n) is 21.8. The minimum atomic E-state index is -3.71. The summed E-state index contributed by atoms with van der Waals surface area (Å²) in [5.74, 6) is 0.941. The minimum absolute atomic E-state index is 0.0224. The van der Waals surface area contributed by atoms with Crippen LogP contribution in [-0.2, 0) is 26.0 Å². The molecule has 3 aromatic rings. The lowest BCUT2D eigenvalue weighted by Crippen LogP contribution is -2.29. The second kappa shape index (κ2) is 11.2. The molecule has 1 aromatic heterocycles. The summed E-state index contributed by atoms with van der Waals surface area (Å²) in [7, 11) is -2.36. The molecule has 204 valence electrons. The third-order valence-corrected chi connectivity index (χ3v) is 9.94. The molecule has 38 heavy (non-hydrogen) atoms. The normalized spacial score (nSPS) is 20.8. The molecule has 2 aromatic carbocycles. The van der Waals surface area contributed by atoms with Gasteiger partial charge in [-0.25, -0.2) is 8.42 Å². The average molecular weight is 560 g/mol. The van der Waals surface area contributed by atoms with Gasteiger partial charge < -0.3 is 9.47 Å². The first-order valence-electron chi connectivity index (χ1n) is 13.3. The second-order valence-electron chi connectivity index (χ2n) is 10.2. The van der Waals surface area contributed by atoms with Crippen molar-refractivity contribution in [3.8, 4) is 5.75 Å². The molecule has 2 fully saturated rings. The van der Waals surface area contributed by atoms with Gasteiger partial charge in [0.25, 0.3) is 0 Å². The van der Waals surface area contributed by atoms with E-state index in [4.69, 9.17) is 26.2 Å². The van der Waals surface area contributed by atoms with Crippen molar-refractivity contribution in [2.24, 2.45) is 11.8 Å². The highest BCUT2D eigenvalue weighted by atomic mass is 35.5. The molecule has 1 aliphatic carbocycles. The van der Waals surface area contributed by atoms with Crippen LogP contribution in [0.2, 0.25) is 5.02 Å². The van der Waals surface area contributed by atoms with Crippen LogP contribution >= 0.6 is 11.6 Å². The smallest absolute Gasteiger partial charge is 0.311 e. The molecule has 10 heteroatoms. The van der Waals surface area contributed by atoms with Crippen LogP contribution < -0.4 is 4.74 Å². The van der Waals surface area contributed by atoms with E-state index in [9.17, 15) is 13.2 Å². The van der Waals surface area contributed by atoms with Crippen LogP contribution in [-0.4, -0.2) is 55.3 Å². The van der Waals surface area contributed by atoms with Gasteiger partial charge in [-0.3, -0.25) is 9.48 Å². The zero-order chi connectivity index (χ0) is 26.9. The number of sulfonamides is 1. The van der Waals surface area contributed by atoms with Gasteiger partial charge in [-0.05, 0) is 67.6 Å². The minimum Gasteiger partial charge on any atom is -0.494 e. The maximum atomic E-state index is 13.7. The van der Waals surface area contributed by atoms with E-state index >= 15 is 0 Å². The first-order chi connectivity index (χ1) is 18.3. The first-order valence-corrected chi connectivity index (χ1v) is 15.1. The molecule has 8 nitrogen and oxygen atoms in total. The van der Waals surface area contributed by atoms with E-state index in [1.165, 1.54) is 32.8 Å². The molecule has 0 unspecified atom stereocenters. The fourth-order valence-corrected chi connectivity index (χ4v) is 7.67. The van der Waals surface area contributed by atoms with E-state index in [-0.39, 0.29) is 29.2 Å². The van der Waals surface area contributed by atoms with Gasteiger partial charge in [0, 0.05) is 23.5 Å². The molecule has 1 saturated carbocycles. The van der Waals surface area contributed by atoms with Crippen molar-refractivity contribution >= 4 is 38.5 Å². The Morgan fingerprint density at radius 2 is 1.84 bits per heavy atom. The van der Waals surface area contributed by atoms with Gasteiger partial charge in [-0.1, -0.05) is 37.3 Å². The summed E-state index contributed by atoms with van der Waals surface area (Å²) in [5.41, 5.74) is 1.43. The summed E-state index contributed by atoms with van der Waals surface area (Å²) < 4.78 is 41.4. The molecule has 1 saturated heterocycles. The standard InChI is InChI=1S/C28H34ClN3O5S/c1-3-37-22-9-11-23(12-10-22)38(34,35)31-17-20(14-19-6-4-5-7-19)27(18-31)32-26-13-8-21(29)15-24(26)25(30-32)16-28(33)36-2/h8-13,15,19-20,27H,3-7,14,16-18H2,1-2H3/t20-,27+/m1/s1. The van der Waals surface area contributed by atoms with E-state index in [1.54, 1.807) is 34.6 Å². The number of halogens is 1. The molecule has 2 atom stereocenters. The summed E-state index contributed by atoms with van der Waals surface area (Å²) in [4.78, 5) is 12.4. The monoisotopic (exact) mass is 559 g/mol. The van der Waals surface area contributed by atoms with E-state index < -0.39 is 10.0 Å². The number of carbonyl (C=O) groups is 1. The summed E-state index contributed by atoms with van der Waals surface area (Å²) in [6.45, 7) is 3.15. The SMILES string of the molecule is CCOc1ccc(S(=O)(=O)N2C[C@@H](CC3CCCC3)[C@@H](n3nc(CC(=O)OC)c4cc(Cl)ccc43)C2)cc1. The third-order valence-electron chi connectivity index (χ3n) is 7.85. The van der Waals surface area contributed by atoms with Gasteiger partial charge >= 0.3 is 5.97 Å². The number of aromatic nitrogens is 2. The number of benzene rings is 2. The summed E-state index contributed by atoms with van der Waals surface area (Å²) in [6.07, 6.45) is 5.77. The van der Waals surface area contributed by atoms with Gasteiger partial charge in [0.15, 0.2) is 0 Å². The molecule has 0 radical (unpaired) electrons. The fraction of sp³-hybridized carbons (Fsp3) is 0.500. The van der Waals surface area contributed by atoms with Gasteiger partial charge in [0.2, 0.25) is 10.0 Å². The molecular weight excluding hydrogens is 526 g/mol. The number of fused-ring (bicyclic) bond motifs is 1. The average Bonchev–Trinajstić information content (AvgIpc) is 3.65. The lowest BCUT2D eigenvalue weighted by Gasteiger charge is -2.22. The predicted octanol–water partition coefficient (Wildman–Crippen LogP) is 5.25. The van der Waals surface area contributed by atoms with Gasteiger partial charge in [0.05, 0.1) is 42.3 Å². The van der Waals surface area contributed by atoms with E-state index in [0.717, 1.165) is 17.3 Å². The van der Waals surface area contributed by atoms with Crippen LogP contribution in [0.1, 0.15) is 50.8 Å². The Morgan fingerprint density at radius 3 is 2.53 bits per heavy atom. The number of hydrogen-bond donors (Lipinski definition) is 0. The number of nitrogens with zero attached hydrogens (tertiary/aromatic N) is 3. The van der Waals surface area contributed by atoms with Gasteiger partial charge in [-0.2, -0.15) is 9.40 Å². The van der Waals surface area contributed by atoms with Crippen LogP contribution in [0.25, 0.3) is 10.9 Å². The van der Waals surface area contributed by atoms with Crippen LogP contribution in [0, 0.1) is 11.8 Å². The van der Waals surface area contributed by atoms with Crippen molar-refractivity contribution < 1.29 is 22.7 Å². The molecule has 0 amide bonds. The Bertz CT molecular complexity index is 1400. The quantitative estimate of drug-likeness (QED) is 0.333. The molecule has 2 heterocycles. The highest BCUT2D eigenvalue weighted by Crippen LogP contribution is 2.41. The number of hydrogen-bond acceptors (Lipinski definition) is 6. The highest BCUT2D eigenvalue weighted by molar-refractivity contribution is 7.89. The Morgan fingerprint density at radius 1 is 1.11 bits per heavy atom. The molecule has 0 bridgehead atoms. The van der Waals surface area contributed by atoms with Gasteiger partial charge in [0.1, 0.15) is 5.75 Å². The maximum absolute atomic E-state index is 13.7. The van der Waals surface area contributed by atoms with E-state index in [2.05, 4.69) is 0 Å². The van der Waals surface area contributed by atoms with Crippen LogP contribution in [0.3, 0.4) is 0 Å². The summed E-state index contributed by atoms with van der Waals surface area (Å²) in [6, 6.07) is 12.0. The lowest BCUT2D eigenvalue weighted by molar-refractivity contribution is -0.139. The molecule has 0 N–H and O–H groups in total. The number of methoxy groups -OCH3 is 1. The van der Waals surface area contributed by atoms with Crippen LogP contribution in [0.4, 0.5) is 0 Å². The lowest BCUT2D eigenvalue weighted by atomic mass is 9.90. The predicted molar refractivity (Wildman–Crippen MR) is 146 cm³/mol. The number of ether oxygens (including phenoxy) is 2. The first kappa shape index (κ1) is 27.0. The molecule has 1 aliphatic heterocycles. The largest absolute Gasteiger partial charge is 0.494 e. The van der Waals surface area contributed by atoms with Crippen molar-refractivity contribution in [2.75, 3.05) is 26.8 Å².